The Labute approximate surface area is 177 Å². The van der Waals surface area contributed by atoms with Crippen LogP contribution in [0, 0.1) is 10.1 Å². The van der Waals surface area contributed by atoms with Crippen molar-refractivity contribution in [3.05, 3.63) is 72.0 Å². The highest BCUT2D eigenvalue weighted by Gasteiger charge is 2.31. The van der Waals surface area contributed by atoms with E-state index in [1.165, 1.54) is 19.2 Å². The smallest absolute Gasteiger partial charge is 0.293 e. The van der Waals surface area contributed by atoms with Crippen LogP contribution in [-0.4, -0.2) is 28.0 Å². The molecule has 2 aromatic carbocycles. The molecule has 0 saturated carbocycles. The maximum atomic E-state index is 12.0. The number of thioether (sulfide) groups is 1. The van der Waals surface area contributed by atoms with Gasteiger partial charge in [0.05, 0.1) is 19.3 Å². The molecule has 0 spiro atoms. The molecule has 1 aliphatic heterocycles. The molecule has 2 aromatic rings. The third-order valence-corrected chi connectivity index (χ3v) is 5.64. The Hall–Kier alpha value is -2.36. The summed E-state index contributed by atoms with van der Waals surface area (Å²) < 4.78 is 6.26. The molecule has 0 unspecified atom stereocenters. The molecular formula is C18H12BrClN2O5S. The van der Waals surface area contributed by atoms with Crippen LogP contribution in [0.4, 0.5) is 10.5 Å². The number of rotatable bonds is 5. The Morgan fingerprint density at radius 2 is 2.07 bits per heavy atom. The van der Waals surface area contributed by atoms with Gasteiger partial charge in [-0.3, -0.25) is 24.6 Å². The highest BCUT2D eigenvalue weighted by Crippen LogP contribution is 2.37. The number of ether oxygens (including phenoxy) is 1. The van der Waals surface area contributed by atoms with Crippen molar-refractivity contribution in [2.45, 2.75) is 6.61 Å². The highest BCUT2D eigenvalue weighted by atomic mass is 79.9. The number of carbonyl (C=O) groups is 2. The molecule has 3 rings (SSSR count). The largest absolute Gasteiger partial charge is 0.486 e. The van der Waals surface area contributed by atoms with Crippen LogP contribution in [0.2, 0.25) is 5.02 Å². The van der Waals surface area contributed by atoms with Crippen LogP contribution in [-0.2, 0) is 11.4 Å². The van der Waals surface area contributed by atoms with E-state index < -0.39 is 4.92 Å². The Morgan fingerprint density at radius 3 is 2.68 bits per heavy atom. The van der Waals surface area contributed by atoms with E-state index >= 15 is 0 Å². The van der Waals surface area contributed by atoms with Gasteiger partial charge in [0.1, 0.15) is 6.61 Å². The van der Waals surface area contributed by atoms with E-state index in [0.717, 1.165) is 16.7 Å². The van der Waals surface area contributed by atoms with Crippen molar-refractivity contribution in [1.82, 2.24) is 4.90 Å². The number of imide groups is 1. The van der Waals surface area contributed by atoms with Gasteiger partial charge in [0.25, 0.3) is 16.8 Å². The Morgan fingerprint density at radius 1 is 1.32 bits per heavy atom. The molecular weight excluding hydrogens is 472 g/mol. The molecule has 0 aliphatic carbocycles. The number of benzene rings is 2. The number of hydrogen-bond acceptors (Lipinski definition) is 6. The van der Waals surface area contributed by atoms with Crippen LogP contribution in [0.25, 0.3) is 6.08 Å². The maximum Gasteiger partial charge on any atom is 0.293 e. The van der Waals surface area contributed by atoms with Crippen molar-refractivity contribution in [3.63, 3.8) is 0 Å². The Kier molecular flexibility index (Phi) is 6.07. The van der Waals surface area contributed by atoms with E-state index in [4.69, 9.17) is 16.3 Å². The van der Waals surface area contributed by atoms with Gasteiger partial charge in [-0.25, -0.2) is 0 Å². The third-order valence-electron chi connectivity index (χ3n) is 3.81. The molecule has 1 aliphatic rings. The lowest BCUT2D eigenvalue weighted by Gasteiger charge is -2.11. The summed E-state index contributed by atoms with van der Waals surface area (Å²) in [6.07, 6.45) is 1.58. The molecule has 1 heterocycles. The SMILES string of the molecule is CN1C(=O)S/C(=C\c2cc(Cl)c(OCc3cccc([N+](=O)[O-])c3)c(Br)c2)C1=O. The molecule has 0 aromatic heterocycles. The monoisotopic (exact) mass is 482 g/mol. The summed E-state index contributed by atoms with van der Waals surface area (Å²) in [5.41, 5.74) is 1.22. The van der Waals surface area contributed by atoms with Crippen molar-refractivity contribution < 1.29 is 19.2 Å². The van der Waals surface area contributed by atoms with Gasteiger partial charge in [-0.05, 0) is 57.0 Å². The minimum atomic E-state index is -0.473. The molecule has 1 saturated heterocycles. The zero-order valence-electron chi connectivity index (χ0n) is 14.3. The van der Waals surface area contributed by atoms with Crippen LogP contribution in [0.5, 0.6) is 5.75 Å². The van der Waals surface area contributed by atoms with Gasteiger partial charge < -0.3 is 4.74 Å². The molecule has 0 N–H and O–H groups in total. The second kappa shape index (κ2) is 8.34. The summed E-state index contributed by atoms with van der Waals surface area (Å²) in [5, 5.41) is 10.8. The highest BCUT2D eigenvalue weighted by molar-refractivity contribution is 9.10. The number of nitro groups is 1. The second-order valence-corrected chi connectivity index (χ2v) is 8.02. The van der Waals surface area contributed by atoms with Crippen molar-refractivity contribution >= 4 is 62.2 Å². The van der Waals surface area contributed by atoms with Crippen LogP contribution in [0.1, 0.15) is 11.1 Å². The lowest BCUT2D eigenvalue weighted by atomic mass is 10.2. The zero-order valence-corrected chi connectivity index (χ0v) is 17.5. The summed E-state index contributed by atoms with van der Waals surface area (Å²) in [4.78, 5) is 35.3. The summed E-state index contributed by atoms with van der Waals surface area (Å²) in [5.74, 6) is 0.00200. The first-order valence-corrected chi connectivity index (χ1v) is 9.81. The van der Waals surface area contributed by atoms with Crippen molar-refractivity contribution in [2.24, 2.45) is 0 Å². The van der Waals surface area contributed by atoms with Gasteiger partial charge in [-0.15, -0.1) is 0 Å². The normalized spacial score (nSPS) is 15.4. The minimum absolute atomic E-state index is 0.0218. The molecule has 28 heavy (non-hydrogen) atoms. The van der Waals surface area contributed by atoms with Crippen LogP contribution < -0.4 is 4.74 Å². The number of nitro benzene ring substituents is 1. The molecule has 0 atom stereocenters. The van der Waals surface area contributed by atoms with Crippen LogP contribution in [0.15, 0.2) is 45.8 Å². The average molecular weight is 484 g/mol. The molecule has 0 radical (unpaired) electrons. The standard InChI is InChI=1S/C18H12BrClN2O5S/c1-21-17(23)15(28-18(21)24)8-11-6-13(19)16(14(20)7-11)27-9-10-3-2-4-12(5-10)22(25)26/h2-8H,9H2,1H3/b15-8-. The van der Waals surface area contributed by atoms with Crippen molar-refractivity contribution in [1.29, 1.82) is 0 Å². The number of halogens is 2. The van der Waals surface area contributed by atoms with E-state index in [0.29, 0.717) is 31.3 Å². The first-order valence-electron chi connectivity index (χ1n) is 7.83. The number of carbonyl (C=O) groups excluding carboxylic acids is 2. The maximum absolute atomic E-state index is 12.0. The summed E-state index contributed by atoms with van der Waals surface area (Å²) in [7, 11) is 1.42. The van der Waals surface area contributed by atoms with E-state index in [9.17, 15) is 19.7 Å². The molecule has 2 amide bonds. The predicted octanol–water partition coefficient (Wildman–Crippen LogP) is 5.26. The number of non-ortho nitro benzene ring substituents is 1. The average Bonchev–Trinajstić information content (AvgIpc) is 2.88. The van der Waals surface area contributed by atoms with E-state index in [2.05, 4.69) is 15.9 Å². The second-order valence-electron chi connectivity index (χ2n) is 5.77. The summed E-state index contributed by atoms with van der Waals surface area (Å²) in [6, 6.07) is 9.44. The number of nitrogens with zero attached hydrogens (tertiary/aromatic N) is 2. The van der Waals surface area contributed by atoms with E-state index in [1.807, 2.05) is 0 Å². The van der Waals surface area contributed by atoms with Crippen molar-refractivity contribution in [3.8, 4) is 5.75 Å². The molecule has 7 nitrogen and oxygen atoms in total. The van der Waals surface area contributed by atoms with Gasteiger partial charge in [0, 0.05) is 19.2 Å². The first-order chi connectivity index (χ1) is 13.3. The Bertz CT molecular complexity index is 1000. The summed E-state index contributed by atoms with van der Waals surface area (Å²) in [6.45, 7) is 0.0913. The van der Waals surface area contributed by atoms with Gasteiger partial charge in [0.2, 0.25) is 0 Å². The lowest BCUT2D eigenvalue weighted by molar-refractivity contribution is -0.384. The lowest BCUT2D eigenvalue weighted by Crippen LogP contribution is -2.22. The quantitative estimate of drug-likeness (QED) is 0.327. The van der Waals surface area contributed by atoms with Gasteiger partial charge >= 0.3 is 0 Å². The fraction of sp³-hybridized carbons (Fsp3) is 0.111. The Balaban J connectivity index is 1.79. The topological polar surface area (TPSA) is 89.8 Å². The molecule has 1 fully saturated rings. The molecule has 10 heteroatoms. The number of likely N-dealkylation sites (N-methyl/N-ethyl adjacent to an activating group) is 1. The predicted molar refractivity (Wildman–Crippen MR) is 110 cm³/mol. The fourth-order valence-corrected chi connectivity index (χ4v) is 4.23. The third kappa shape index (κ3) is 4.37. The summed E-state index contributed by atoms with van der Waals surface area (Å²) >= 11 is 10.5. The first kappa shape index (κ1) is 20.4. The van der Waals surface area contributed by atoms with E-state index in [-0.39, 0.29) is 23.4 Å². The van der Waals surface area contributed by atoms with E-state index in [1.54, 1.807) is 30.3 Å². The van der Waals surface area contributed by atoms with Crippen LogP contribution in [0.3, 0.4) is 0 Å². The zero-order chi connectivity index (χ0) is 20.4. The number of hydrogen-bond donors (Lipinski definition) is 0. The van der Waals surface area contributed by atoms with Gasteiger partial charge in [0.15, 0.2) is 5.75 Å². The van der Waals surface area contributed by atoms with Gasteiger partial charge in [-0.1, -0.05) is 23.7 Å². The van der Waals surface area contributed by atoms with Gasteiger partial charge in [-0.2, -0.15) is 0 Å². The van der Waals surface area contributed by atoms with Crippen molar-refractivity contribution in [2.75, 3.05) is 7.05 Å². The van der Waals surface area contributed by atoms with Crippen LogP contribution >= 0.6 is 39.3 Å². The number of amides is 2. The fourth-order valence-electron chi connectivity index (χ4n) is 2.41. The molecule has 0 bridgehead atoms. The minimum Gasteiger partial charge on any atom is -0.486 e. The molecule has 144 valence electrons.